The topological polar surface area (TPSA) is 84.5 Å². The van der Waals surface area contributed by atoms with Crippen LogP contribution in [0.2, 0.25) is 0 Å². The molecule has 1 aliphatic heterocycles. The number of hydrogen-bond donors (Lipinski definition) is 2. The molecule has 6 heteroatoms. The molecule has 1 saturated heterocycles. The van der Waals surface area contributed by atoms with E-state index >= 15 is 0 Å². The summed E-state index contributed by atoms with van der Waals surface area (Å²) in [4.78, 5) is 10.9. The third-order valence-electron chi connectivity index (χ3n) is 3.23. The Bertz CT molecular complexity index is 425. The Labute approximate surface area is 107 Å². The van der Waals surface area contributed by atoms with E-state index in [-0.39, 0.29) is 12.6 Å². The first-order valence-corrected chi connectivity index (χ1v) is 6.25. The molecule has 1 atom stereocenters. The number of morpholine rings is 1. The van der Waals surface area contributed by atoms with Gasteiger partial charge >= 0.3 is 0 Å². The maximum Gasteiger partial charge on any atom is 0.137 e. The van der Waals surface area contributed by atoms with Gasteiger partial charge in [-0.2, -0.15) is 0 Å². The lowest BCUT2D eigenvalue weighted by atomic mass is 10.2. The van der Waals surface area contributed by atoms with E-state index < -0.39 is 0 Å². The molecule has 18 heavy (non-hydrogen) atoms. The van der Waals surface area contributed by atoms with E-state index in [1.165, 1.54) is 0 Å². The van der Waals surface area contributed by atoms with Gasteiger partial charge in [-0.05, 0) is 6.92 Å². The third kappa shape index (κ3) is 2.39. The van der Waals surface area contributed by atoms with Gasteiger partial charge in [-0.1, -0.05) is 6.92 Å². The fourth-order valence-corrected chi connectivity index (χ4v) is 2.09. The first-order valence-electron chi connectivity index (χ1n) is 6.25. The molecule has 100 valence electrons. The van der Waals surface area contributed by atoms with Crippen molar-refractivity contribution in [2.75, 3.05) is 37.0 Å². The van der Waals surface area contributed by atoms with E-state index in [1.54, 1.807) is 0 Å². The SMILES string of the molecule is CCc1nc(N)c(C)c(N2CCOCC2CO)n1. The average molecular weight is 252 g/mol. The van der Waals surface area contributed by atoms with Crippen molar-refractivity contribution in [3.05, 3.63) is 11.4 Å². The zero-order valence-electron chi connectivity index (χ0n) is 10.9. The van der Waals surface area contributed by atoms with E-state index in [2.05, 4.69) is 14.9 Å². The summed E-state index contributed by atoms with van der Waals surface area (Å²) in [5, 5.41) is 9.41. The van der Waals surface area contributed by atoms with Gasteiger partial charge in [0.05, 0.1) is 25.9 Å². The predicted octanol–water partition coefficient (Wildman–Crippen LogP) is 0.127. The first kappa shape index (κ1) is 13.0. The molecule has 1 unspecified atom stereocenters. The Morgan fingerprint density at radius 1 is 1.50 bits per heavy atom. The van der Waals surface area contributed by atoms with Crippen molar-refractivity contribution in [2.45, 2.75) is 26.3 Å². The molecule has 1 aromatic heterocycles. The van der Waals surface area contributed by atoms with Crippen molar-refractivity contribution < 1.29 is 9.84 Å². The number of aryl methyl sites for hydroxylation is 1. The van der Waals surface area contributed by atoms with Gasteiger partial charge in [-0.25, -0.2) is 9.97 Å². The van der Waals surface area contributed by atoms with Crippen LogP contribution >= 0.6 is 0 Å². The summed E-state index contributed by atoms with van der Waals surface area (Å²) in [7, 11) is 0. The molecule has 1 aliphatic rings. The predicted molar refractivity (Wildman–Crippen MR) is 69.6 cm³/mol. The molecule has 0 saturated carbocycles. The molecule has 1 fully saturated rings. The number of aliphatic hydroxyl groups is 1. The molecule has 2 heterocycles. The fourth-order valence-electron chi connectivity index (χ4n) is 2.09. The number of aliphatic hydroxyl groups excluding tert-OH is 1. The lowest BCUT2D eigenvalue weighted by molar-refractivity contribution is 0.0722. The van der Waals surface area contributed by atoms with Crippen molar-refractivity contribution in [1.82, 2.24) is 9.97 Å². The van der Waals surface area contributed by atoms with Gasteiger partial charge in [-0.15, -0.1) is 0 Å². The molecular weight excluding hydrogens is 232 g/mol. The van der Waals surface area contributed by atoms with Crippen molar-refractivity contribution in [3.8, 4) is 0 Å². The molecule has 3 N–H and O–H groups in total. The van der Waals surface area contributed by atoms with Crippen LogP contribution in [0.25, 0.3) is 0 Å². The van der Waals surface area contributed by atoms with Crippen LogP contribution in [-0.2, 0) is 11.2 Å². The van der Waals surface area contributed by atoms with Crippen LogP contribution in [0.5, 0.6) is 0 Å². The lowest BCUT2D eigenvalue weighted by Crippen LogP contribution is -2.48. The minimum Gasteiger partial charge on any atom is -0.394 e. The molecule has 0 aliphatic carbocycles. The summed E-state index contributed by atoms with van der Waals surface area (Å²) >= 11 is 0. The van der Waals surface area contributed by atoms with E-state index in [9.17, 15) is 5.11 Å². The molecule has 6 nitrogen and oxygen atoms in total. The summed E-state index contributed by atoms with van der Waals surface area (Å²) in [6.45, 7) is 5.82. The molecule has 0 radical (unpaired) electrons. The Morgan fingerprint density at radius 3 is 2.94 bits per heavy atom. The highest BCUT2D eigenvalue weighted by Crippen LogP contribution is 2.25. The molecule has 1 aromatic rings. The zero-order valence-corrected chi connectivity index (χ0v) is 10.9. The van der Waals surface area contributed by atoms with Gasteiger partial charge < -0.3 is 20.5 Å². The number of rotatable bonds is 3. The van der Waals surface area contributed by atoms with Crippen LogP contribution < -0.4 is 10.6 Å². The number of nitrogens with zero attached hydrogens (tertiary/aromatic N) is 3. The fraction of sp³-hybridized carbons (Fsp3) is 0.667. The number of ether oxygens (including phenoxy) is 1. The Morgan fingerprint density at radius 2 is 2.28 bits per heavy atom. The van der Waals surface area contributed by atoms with Gasteiger partial charge in [0.2, 0.25) is 0 Å². The maximum absolute atomic E-state index is 9.41. The first-order chi connectivity index (χ1) is 8.67. The summed E-state index contributed by atoms with van der Waals surface area (Å²) in [5.74, 6) is 2.07. The lowest BCUT2D eigenvalue weighted by Gasteiger charge is -2.36. The highest BCUT2D eigenvalue weighted by atomic mass is 16.5. The molecule has 0 amide bonds. The normalized spacial score (nSPS) is 20.2. The van der Waals surface area contributed by atoms with Gasteiger partial charge in [0.25, 0.3) is 0 Å². The van der Waals surface area contributed by atoms with Crippen LogP contribution in [0.4, 0.5) is 11.6 Å². The minimum atomic E-state index is -0.0588. The second kappa shape index (κ2) is 5.49. The third-order valence-corrected chi connectivity index (χ3v) is 3.23. The van der Waals surface area contributed by atoms with E-state index in [4.69, 9.17) is 10.5 Å². The quantitative estimate of drug-likeness (QED) is 0.795. The second-order valence-electron chi connectivity index (χ2n) is 4.43. The molecule has 0 spiro atoms. The van der Waals surface area contributed by atoms with E-state index in [0.29, 0.717) is 25.6 Å². The number of aromatic nitrogens is 2. The average Bonchev–Trinajstić information content (AvgIpc) is 2.41. The van der Waals surface area contributed by atoms with Gasteiger partial charge in [0.1, 0.15) is 17.5 Å². The summed E-state index contributed by atoms with van der Waals surface area (Å²) < 4.78 is 5.38. The molecular formula is C12H20N4O2. The zero-order chi connectivity index (χ0) is 13.1. The Balaban J connectivity index is 2.38. The van der Waals surface area contributed by atoms with Crippen LogP contribution in [0.15, 0.2) is 0 Å². The van der Waals surface area contributed by atoms with Crippen LogP contribution in [0, 0.1) is 6.92 Å². The second-order valence-corrected chi connectivity index (χ2v) is 4.43. The molecule has 0 bridgehead atoms. The standard InChI is InChI=1S/C12H20N4O2/c1-3-10-14-11(13)8(2)12(15-10)16-4-5-18-7-9(16)6-17/h9,17H,3-7H2,1-2H3,(H2,13,14,15). The smallest absolute Gasteiger partial charge is 0.137 e. The Kier molecular flexibility index (Phi) is 3.98. The molecule has 2 rings (SSSR count). The number of anilines is 2. The number of nitrogen functional groups attached to an aromatic ring is 1. The van der Waals surface area contributed by atoms with Crippen LogP contribution in [0.3, 0.4) is 0 Å². The largest absolute Gasteiger partial charge is 0.394 e. The van der Waals surface area contributed by atoms with Gasteiger partial charge in [-0.3, -0.25) is 0 Å². The monoisotopic (exact) mass is 252 g/mol. The van der Waals surface area contributed by atoms with Crippen LogP contribution in [0.1, 0.15) is 18.3 Å². The van der Waals surface area contributed by atoms with Crippen molar-refractivity contribution in [2.24, 2.45) is 0 Å². The van der Waals surface area contributed by atoms with Crippen molar-refractivity contribution in [1.29, 1.82) is 0 Å². The highest BCUT2D eigenvalue weighted by Gasteiger charge is 2.26. The summed E-state index contributed by atoms with van der Waals surface area (Å²) in [6, 6.07) is -0.0588. The van der Waals surface area contributed by atoms with Gasteiger partial charge in [0.15, 0.2) is 0 Å². The highest BCUT2D eigenvalue weighted by molar-refractivity contribution is 5.57. The van der Waals surface area contributed by atoms with E-state index in [0.717, 1.165) is 23.6 Å². The minimum absolute atomic E-state index is 0.0464. The molecule has 0 aromatic carbocycles. The summed E-state index contributed by atoms with van der Waals surface area (Å²) in [6.07, 6.45) is 0.742. The van der Waals surface area contributed by atoms with E-state index in [1.807, 2.05) is 13.8 Å². The number of hydrogen-bond acceptors (Lipinski definition) is 6. The van der Waals surface area contributed by atoms with Crippen LogP contribution in [-0.4, -0.2) is 47.5 Å². The van der Waals surface area contributed by atoms with Crippen molar-refractivity contribution in [3.63, 3.8) is 0 Å². The summed E-state index contributed by atoms with van der Waals surface area (Å²) in [5.41, 5.74) is 6.79. The van der Waals surface area contributed by atoms with Crippen molar-refractivity contribution >= 4 is 11.6 Å². The number of nitrogens with two attached hydrogens (primary N) is 1. The van der Waals surface area contributed by atoms with Gasteiger partial charge in [0, 0.05) is 18.5 Å². The maximum atomic E-state index is 9.41. The Hall–Kier alpha value is -1.40.